The Balaban J connectivity index is 2.41. The van der Waals surface area contributed by atoms with Crippen molar-refractivity contribution in [1.82, 2.24) is 4.90 Å². The van der Waals surface area contributed by atoms with E-state index in [1.54, 1.807) is 65.8 Å². The average Bonchev–Trinajstić information content (AvgIpc) is 3.00. The first-order valence-corrected chi connectivity index (χ1v) is 10.1. The highest BCUT2D eigenvalue weighted by molar-refractivity contribution is 6.07. The van der Waals surface area contributed by atoms with Crippen LogP contribution in [-0.4, -0.2) is 51.3 Å². The Morgan fingerprint density at radius 3 is 2.10 bits per heavy atom. The van der Waals surface area contributed by atoms with Crippen molar-refractivity contribution in [3.05, 3.63) is 35.4 Å². The lowest BCUT2D eigenvalue weighted by atomic mass is 9.88. The van der Waals surface area contributed by atoms with Gasteiger partial charge >= 0.3 is 18.0 Å². The Labute approximate surface area is 182 Å². The average molecular weight is 431 g/mol. The van der Waals surface area contributed by atoms with Gasteiger partial charge in [0.25, 0.3) is 0 Å². The zero-order valence-electron chi connectivity index (χ0n) is 18.9. The van der Waals surface area contributed by atoms with Crippen molar-refractivity contribution in [1.29, 1.82) is 5.26 Å². The molecule has 2 rings (SSSR count). The number of carbonyl (C=O) groups is 3. The van der Waals surface area contributed by atoms with Gasteiger partial charge in [-0.1, -0.05) is 12.1 Å². The van der Waals surface area contributed by atoms with Gasteiger partial charge in [0.05, 0.1) is 11.6 Å². The van der Waals surface area contributed by atoms with Crippen LogP contribution in [0.2, 0.25) is 0 Å². The van der Waals surface area contributed by atoms with E-state index in [-0.39, 0.29) is 18.9 Å². The van der Waals surface area contributed by atoms with Gasteiger partial charge in [0.15, 0.2) is 0 Å². The molecule has 8 heteroatoms. The van der Waals surface area contributed by atoms with Gasteiger partial charge in [-0.2, -0.15) is 5.26 Å². The summed E-state index contributed by atoms with van der Waals surface area (Å²) in [6.45, 7) is 9.96. The van der Waals surface area contributed by atoms with Gasteiger partial charge in [-0.15, -0.1) is 0 Å². The maximum absolute atomic E-state index is 13.1. The monoisotopic (exact) mass is 430 g/mol. The van der Waals surface area contributed by atoms with Crippen molar-refractivity contribution < 1.29 is 29.0 Å². The van der Waals surface area contributed by atoms with E-state index in [0.717, 1.165) is 10.5 Å². The van der Waals surface area contributed by atoms with E-state index in [4.69, 9.17) is 14.7 Å². The first-order valence-electron chi connectivity index (χ1n) is 10.1. The Morgan fingerprint density at radius 1 is 1.10 bits per heavy atom. The smallest absolute Gasteiger partial charge is 0.411 e. The number of carboxylic acids is 1. The van der Waals surface area contributed by atoms with Crippen molar-refractivity contribution in [2.45, 2.75) is 71.1 Å². The van der Waals surface area contributed by atoms with Crippen LogP contribution in [0.4, 0.5) is 4.79 Å². The van der Waals surface area contributed by atoms with Crippen LogP contribution in [0.3, 0.4) is 0 Å². The molecule has 1 aromatic rings. The number of esters is 1. The second-order valence-electron chi connectivity index (χ2n) is 9.84. The summed E-state index contributed by atoms with van der Waals surface area (Å²) < 4.78 is 10.8. The van der Waals surface area contributed by atoms with Gasteiger partial charge in [-0.25, -0.2) is 14.4 Å². The topological polar surface area (TPSA) is 117 Å². The molecule has 0 aromatic heterocycles. The predicted octanol–water partition coefficient (Wildman–Crippen LogP) is 3.52. The molecule has 168 valence electrons. The molecule has 2 atom stereocenters. The molecule has 0 unspecified atom stereocenters. The number of carbonyl (C=O) groups excluding carboxylic acids is 2. The fourth-order valence-corrected chi connectivity index (χ4v) is 3.59. The molecule has 0 radical (unpaired) electrons. The Kier molecular flexibility index (Phi) is 6.69. The van der Waals surface area contributed by atoms with Crippen LogP contribution in [0.1, 0.15) is 59.1 Å². The third-order valence-electron chi connectivity index (χ3n) is 4.80. The normalized spacial score (nSPS) is 21.3. The van der Waals surface area contributed by atoms with Crippen LogP contribution in [0, 0.1) is 17.2 Å². The summed E-state index contributed by atoms with van der Waals surface area (Å²) in [6.07, 6.45) is -0.539. The maximum Gasteiger partial charge on any atom is 0.411 e. The highest BCUT2D eigenvalue weighted by atomic mass is 16.6. The minimum atomic E-state index is -2.17. The summed E-state index contributed by atoms with van der Waals surface area (Å²) in [4.78, 5) is 39.4. The quantitative estimate of drug-likeness (QED) is 0.574. The summed E-state index contributed by atoms with van der Waals surface area (Å²) in [5.41, 5.74) is -2.57. The number of rotatable bonds is 4. The molecule has 1 saturated heterocycles. The number of hydrogen-bond acceptors (Lipinski definition) is 6. The number of ether oxygens (including phenoxy) is 2. The zero-order valence-corrected chi connectivity index (χ0v) is 18.9. The predicted molar refractivity (Wildman–Crippen MR) is 112 cm³/mol. The molecule has 0 aliphatic carbocycles. The number of aliphatic carboxylic acids is 1. The fourth-order valence-electron chi connectivity index (χ4n) is 3.59. The van der Waals surface area contributed by atoms with E-state index in [0.29, 0.717) is 12.0 Å². The van der Waals surface area contributed by atoms with Crippen molar-refractivity contribution in [2.75, 3.05) is 6.54 Å². The minimum absolute atomic E-state index is 0.0282. The number of carboxylic acid groups (broad SMARTS) is 1. The number of amides is 1. The maximum atomic E-state index is 13.1. The number of nitrogens with zero attached hydrogens (tertiary/aromatic N) is 2. The Morgan fingerprint density at radius 2 is 1.65 bits per heavy atom. The molecule has 1 fully saturated rings. The summed E-state index contributed by atoms with van der Waals surface area (Å²) >= 11 is 0. The molecule has 1 amide bonds. The molecule has 1 aliphatic heterocycles. The fraction of sp³-hybridized carbons (Fsp3) is 0.565. The van der Waals surface area contributed by atoms with Crippen molar-refractivity contribution in [2.24, 2.45) is 5.92 Å². The minimum Gasteiger partial charge on any atom is -0.479 e. The molecule has 0 spiro atoms. The second kappa shape index (κ2) is 8.58. The molecule has 0 saturated carbocycles. The molecular formula is C23H30N2O6. The van der Waals surface area contributed by atoms with E-state index in [1.807, 2.05) is 6.07 Å². The van der Waals surface area contributed by atoms with E-state index < -0.39 is 34.8 Å². The summed E-state index contributed by atoms with van der Waals surface area (Å²) in [5, 5.41) is 19.1. The van der Waals surface area contributed by atoms with Crippen LogP contribution < -0.4 is 0 Å². The van der Waals surface area contributed by atoms with Gasteiger partial charge in [0.1, 0.15) is 11.2 Å². The third-order valence-corrected chi connectivity index (χ3v) is 4.80. The lowest BCUT2D eigenvalue weighted by Gasteiger charge is -2.35. The van der Waals surface area contributed by atoms with Crippen molar-refractivity contribution in [3.8, 4) is 6.07 Å². The van der Waals surface area contributed by atoms with Crippen LogP contribution in [0.15, 0.2) is 24.3 Å². The van der Waals surface area contributed by atoms with E-state index in [2.05, 4.69) is 0 Å². The number of benzene rings is 1. The SMILES string of the molecule is CC(C)(C)OC(=O)N1C[C@H](Cc2ccc(C#N)cc2)C[C@]1(C(=O)O)C(=O)OC(C)(C)C. The highest BCUT2D eigenvalue weighted by Crippen LogP contribution is 2.38. The highest BCUT2D eigenvalue weighted by Gasteiger charge is 2.61. The van der Waals surface area contributed by atoms with E-state index in [9.17, 15) is 19.5 Å². The summed E-state index contributed by atoms with van der Waals surface area (Å²) in [6, 6.07) is 8.96. The molecule has 0 bridgehead atoms. The molecule has 1 heterocycles. The van der Waals surface area contributed by atoms with Crippen molar-refractivity contribution >= 4 is 18.0 Å². The van der Waals surface area contributed by atoms with Crippen molar-refractivity contribution in [3.63, 3.8) is 0 Å². The molecule has 1 N–H and O–H groups in total. The van der Waals surface area contributed by atoms with Crippen LogP contribution in [0.5, 0.6) is 0 Å². The number of nitriles is 1. The van der Waals surface area contributed by atoms with Crippen LogP contribution >= 0.6 is 0 Å². The van der Waals surface area contributed by atoms with Gasteiger partial charge in [-0.3, -0.25) is 4.90 Å². The molecule has 1 aromatic carbocycles. The number of likely N-dealkylation sites (tertiary alicyclic amines) is 1. The van der Waals surface area contributed by atoms with Gasteiger partial charge < -0.3 is 14.6 Å². The standard InChI is InChI=1S/C23H30N2O6/c1-21(2,3)30-19(28)23(18(26)27)12-17(11-15-7-9-16(13-24)10-8-15)14-25(23)20(29)31-22(4,5)6/h7-10,17H,11-12,14H2,1-6H3,(H,26,27)/t17-,23+/m1/s1. The molecule has 1 aliphatic rings. The zero-order chi connectivity index (χ0) is 23.6. The molecule has 31 heavy (non-hydrogen) atoms. The Hall–Kier alpha value is -3.08. The summed E-state index contributed by atoms with van der Waals surface area (Å²) in [7, 11) is 0. The first kappa shape index (κ1) is 24.2. The molecule has 8 nitrogen and oxygen atoms in total. The first-order chi connectivity index (χ1) is 14.2. The summed E-state index contributed by atoms with van der Waals surface area (Å²) in [5.74, 6) is -2.75. The van der Waals surface area contributed by atoms with Gasteiger partial charge in [0.2, 0.25) is 5.54 Å². The largest absolute Gasteiger partial charge is 0.479 e. The van der Waals surface area contributed by atoms with E-state index >= 15 is 0 Å². The van der Waals surface area contributed by atoms with Gasteiger partial charge in [-0.05, 0) is 78.0 Å². The number of hydrogen-bond donors (Lipinski definition) is 1. The lowest BCUT2D eigenvalue weighted by Crippen LogP contribution is -2.60. The van der Waals surface area contributed by atoms with Crippen LogP contribution in [-0.2, 0) is 25.5 Å². The Bertz CT molecular complexity index is 889. The van der Waals surface area contributed by atoms with Crippen LogP contribution in [0.25, 0.3) is 0 Å². The van der Waals surface area contributed by atoms with E-state index in [1.165, 1.54) is 0 Å². The lowest BCUT2D eigenvalue weighted by molar-refractivity contribution is -0.176. The van der Waals surface area contributed by atoms with Gasteiger partial charge in [0, 0.05) is 6.54 Å². The molecular weight excluding hydrogens is 400 g/mol. The second-order valence-corrected chi connectivity index (χ2v) is 9.84. The third kappa shape index (κ3) is 5.75.